The number of aromatic nitrogens is 1. The van der Waals surface area contributed by atoms with Gasteiger partial charge < -0.3 is 14.4 Å². The quantitative estimate of drug-likeness (QED) is 0.291. The van der Waals surface area contributed by atoms with E-state index in [0.717, 1.165) is 15.8 Å². The van der Waals surface area contributed by atoms with Gasteiger partial charge in [-0.2, -0.15) is 13.2 Å². The number of sulfonamides is 1. The molecule has 4 aliphatic rings. The molecule has 1 aromatic carbocycles. The lowest BCUT2D eigenvalue weighted by molar-refractivity contribution is -0.166. The van der Waals surface area contributed by atoms with Crippen LogP contribution in [0.25, 0.3) is 16.8 Å². The molecule has 2 saturated carbocycles. The first-order chi connectivity index (χ1) is 24.2. The van der Waals surface area contributed by atoms with Crippen molar-refractivity contribution in [3.05, 3.63) is 54.8 Å². The van der Waals surface area contributed by atoms with Gasteiger partial charge in [0.05, 0.1) is 48.6 Å². The molecule has 2 aliphatic heterocycles. The van der Waals surface area contributed by atoms with E-state index in [-0.39, 0.29) is 31.9 Å². The zero-order valence-electron chi connectivity index (χ0n) is 27.9. The van der Waals surface area contributed by atoms with Crippen molar-refractivity contribution < 1.29 is 50.2 Å². The number of hydrogen-bond donors (Lipinski definition) is 1. The van der Waals surface area contributed by atoms with Gasteiger partial charge in [0.25, 0.3) is 0 Å². The molecule has 6 rings (SSSR count). The van der Waals surface area contributed by atoms with Crippen LogP contribution in [-0.2, 0) is 33.9 Å². The summed E-state index contributed by atoms with van der Waals surface area (Å²) in [7, 11) is -3.94. The molecule has 1 saturated heterocycles. The monoisotopic (exact) mass is 731 g/mol. The first kappa shape index (κ1) is 36.5. The number of amides is 2. The minimum absolute atomic E-state index is 0.0313. The molecule has 0 spiro atoms. The molecule has 51 heavy (non-hydrogen) atoms. The smallest absolute Gasteiger partial charge is 0.389 e. The van der Waals surface area contributed by atoms with Crippen LogP contribution in [0.3, 0.4) is 0 Å². The third-order valence-electron chi connectivity index (χ3n) is 10.1. The number of ketones is 1. The average molecular weight is 732 g/mol. The van der Waals surface area contributed by atoms with Crippen LogP contribution < -0.4 is 9.46 Å². The number of pyridine rings is 1. The predicted octanol–water partition coefficient (Wildman–Crippen LogP) is 5.04. The molecule has 4 bridgehead atoms. The van der Waals surface area contributed by atoms with Gasteiger partial charge in [-0.1, -0.05) is 30.4 Å². The number of alkyl halides is 3. The van der Waals surface area contributed by atoms with E-state index in [1.165, 1.54) is 12.3 Å². The Morgan fingerprint density at radius 3 is 2.65 bits per heavy atom. The lowest BCUT2D eigenvalue weighted by Gasteiger charge is -2.29. The minimum Gasteiger partial charge on any atom is -0.472 e. The second kappa shape index (κ2) is 14.4. The van der Waals surface area contributed by atoms with Gasteiger partial charge in [-0.25, -0.2) is 13.4 Å². The third-order valence-corrected chi connectivity index (χ3v) is 11.9. The van der Waals surface area contributed by atoms with Crippen LogP contribution in [0.1, 0.15) is 69.8 Å². The number of halogens is 3. The zero-order chi connectivity index (χ0) is 36.6. The van der Waals surface area contributed by atoms with Crippen LogP contribution in [-0.4, -0.2) is 78.6 Å². The number of esters is 1. The Labute approximate surface area is 293 Å². The number of allylic oxidation sites excluding steroid dienone is 2. The van der Waals surface area contributed by atoms with E-state index in [1.54, 1.807) is 6.07 Å². The summed E-state index contributed by atoms with van der Waals surface area (Å²) in [5.41, 5.74) is -0.583. The molecule has 2 aromatic rings. The Balaban J connectivity index is 1.33. The number of nitrogens with one attached hydrogen (secondary N) is 1. The van der Waals surface area contributed by atoms with Gasteiger partial charge in [0, 0.05) is 24.4 Å². The van der Waals surface area contributed by atoms with Gasteiger partial charge >= 0.3 is 12.1 Å². The largest absolute Gasteiger partial charge is 0.472 e. The fourth-order valence-electron chi connectivity index (χ4n) is 7.05. The molecular weight excluding hydrogens is 691 g/mol. The predicted molar refractivity (Wildman–Crippen MR) is 179 cm³/mol. The standard InChI is InChI=1S/C36H40F3N3O8S/c1-2-25-19-35(25,34(46)41-51(47,48)27-10-11-27)20-30(43)29-17-26-21-42(29)33(45)24(18-36(37,38)39)16-31(44)49-14-6-4-3-5-7-22-8-9-23-12-13-40-32(50-26)28(23)15-22/h2,5,7-9,12-13,15,24-27,29H,1,3-4,6,10-11,14,16-21H2,(H,41,46)/b7-5+/t24-,25-,26-,29+,35-/m1/s1. The molecule has 0 radical (unpaired) electrons. The molecule has 274 valence electrons. The summed E-state index contributed by atoms with van der Waals surface area (Å²) in [5.74, 6) is -5.74. The van der Waals surface area contributed by atoms with Crippen molar-refractivity contribution in [1.29, 1.82) is 0 Å². The highest BCUT2D eigenvalue weighted by molar-refractivity contribution is 7.90. The molecular formula is C36H40F3N3O8S. The van der Waals surface area contributed by atoms with Crippen LogP contribution in [0.15, 0.2) is 49.2 Å². The molecule has 1 N–H and O–H groups in total. The number of ether oxygens (including phenoxy) is 2. The van der Waals surface area contributed by atoms with Gasteiger partial charge in [-0.15, -0.1) is 6.58 Å². The first-order valence-corrected chi connectivity index (χ1v) is 18.7. The molecule has 2 aliphatic carbocycles. The first-order valence-electron chi connectivity index (χ1n) is 17.2. The average Bonchev–Trinajstić information content (AvgIpc) is 3.99. The number of rotatable bonds is 8. The summed E-state index contributed by atoms with van der Waals surface area (Å²) in [4.78, 5) is 59.7. The molecule has 5 atom stereocenters. The van der Waals surface area contributed by atoms with Crippen molar-refractivity contribution in [3.8, 4) is 5.88 Å². The van der Waals surface area contributed by atoms with Crippen LogP contribution in [0.2, 0.25) is 0 Å². The van der Waals surface area contributed by atoms with Gasteiger partial charge in [-0.3, -0.25) is 23.9 Å². The van der Waals surface area contributed by atoms with Crippen molar-refractivity contribution in [3.63, 3.8) is 0 Å². The van der Waals surface area contributed by atoms with Gasteiger partial charge in [0.2, 0.25) is 27.7 Å². The SMILES string of the molecule is C=C[C@@H]1C[C@]1(CC(=O)[C@@H]1C[C@@H]2CN1C(=O)[C@@H](CC(F)(F)F)CC(=O)OCCCC/C=C/c1ccc3ccnc(c3c1)O2)C(=O)NS(=O)(=O)C1CC1. The fourth-order valence-corrected chi connectivity index (χ4v) is 8.43. The Kier molecular flexibility index (Phi) is 10.3. The van der Waals surface area contributed by atoms with Crippen molar-refractivity contribution in [2.75, 3.05) is 13.2 Å². The molecule has 11 nitrogen and oxygen atoms in total. The van der Waals surface area contributed by atoms with E-state index in [0.29, 0.717) is 37.5 Å². The molecule has 1 aromatic heterocycles. The highest BCUT2D eigenvalue weighted by Gasteiger charge is 2.61. The maximum atomic E-state index is 14.1. The Bertz CT molecular complexity index is 1860. The maximum Gasteiger partial charge on any atom is 0.389 e. The van der Waals surface area contributed by atoms with Crippen molar-refractivity contribution >= 4 is 50.4 Å². The number of Topliss-reactive ketones (excluding diaryl/α,β-unsaturated/α-hetero) is 1. The number of cyclic esters (lactones) is 1. The summed E-state index contributed by atoms with van der Waals surface area (Å²) in [6.45, 7) is 3.39. The second-order valence-electron chi connectivity index (χ2n) is 13.9. The molecule has 15 heteroatoms. The number of carbonyl (C=O) groups excluding carboxylic acids is 4. The lowest BCUT2D eigenvalue weighted by atomic mass is 9.91. The summed E-state index contributed by atoms with van der Waals surface area (Å²) in [6.07, 6.45) is 0.822. The van der Waals surface area contributed by atoms with Crippen LogP contribution in [0.5, 0.6) is 5.88 Å². The topological polar surface area (TPSA) is 149 Å². The van der Waals surface area contributed by atoms with E-state index in [9.17, 15) is 40.8 Å². The van der Waals surface area contributed by atoms with E-state index in [1.807, 2.05) is 30.4 Å². The van der Waals surface area contributed by atoms with E-state index >= 15 is 0 Å². The van der Waals surface area contributed by atoms with Crippen LogP contribution in [0, 0.1) is 17.3 Å². The third kappa shape index (κ3) is 8.45. The Morgan fingerprint density at radius 1 is 1.16 bits per heavy atom. The summed E-state index contributed by atoms with van der Waals surface area (Å²) < 4.78 is 80.3. The second-order valence-corrected chi connectivity index (χ2v) is 15.9. The number of hydrogen-bond acceptors (Lipinski definition) is 9. The fraction of sp³-hybridized carbons (Fsp3) is 0.528. The highest BCUT2D eigenvalue weighted by atomic mass is 32.2. The number of carbonyl (C=O) groups is 4. The number of benzene rings is 1. The summed E-state index contributed by atoms with van der Waals surface area (Å²) in [5, 5.41) is 0.769. The maximum absolute atomic E-state index is 14.1. The van der Waals surface area contributed by atoms with Crippen molar-refractivity contribution in [2.45, 2.75) is 87.8 Å². The molecule has 3 heterocycles. The zero-order valence-corrected chi connectivity index (χ0v) is 28.7. The Hall–Kier alpha value is -4.27. The van der Waals surface area contributed by atoms with Crippen LogP contribution >= 0.6 is 0 Å². The van der Waals surface area contributed by atoms with Gasteiger partial charge in [0.15, 0.2) is 5.78 Å². The van der Waals surface area contributed by atoms with Crippen LogP contribution in [0.4, 0.5) is 13.2 Å². The van der Waals surface area contributed by atoms with E-state index < -0.39 is 93.7 Å². The van der Waals surface area contributed by atoms with Crippen molar-refractivity contribution in [2.24, 2.45) is 17.3 Å². The molecule has 0 unspecified atom stereocenters. The Morgan fingerprint density at radius 2 is 1.94 bits per heavy atom. The minimum atomic E-state index is -4.82. The van der Waals surface area contributed by atoms with Gasteiger partial charge in [-0.05, 0) is 67.5 Å². The van der Waals surface area contributed by atoms with Gasteiger partial charge in [0.1, 0.15) is 6.10 Å². The number of nitrogens with zero attached hydrogens (tertiary/aromatic N) is 2. The summed E-state index contributed by atoms with van der Waals surface area (Å²) in [6, 6.07) is 6.16. The summed E-state index contributed by atoms with van der Waals surface area (Å²) >= 11 is 0. The van der Waals surface area contributed by atoms with Crippen molar-refractivity contribution in [1.82, 2.24) is 14.6 Å². The van der Waals surface area contributed by atoms with E-state index in [4.69, 9.17) is 9.47 Å². The number of fused-ring (bicyclic) bond motifs is 3. The lowest BCUT2D eigenvalue weighted by Crippen LogP contribution is -2.47. The molecule has 3 fully saturated rings. The normalized spacial score (nSPS) is 28.2. The molecule has 2 amide bonds. The van der Waals surface area contributed by atoms with E-state index in [2.05, 4.69) is 16.3 Å². The highest BCUT2D eigenvalue weighted by Crippen LogP contribution is 2.57.